The molecule has 0 aromatic heterocycles. The number of methoxy groups -OCH3 is 1. The van der Waals surface area contributed by atoms with Crippen LogP contribution in [0.4, 0.5) is 5.69 Å². The first-order valence-corrected chi connectivity index (χ1v) is 10.4. The number of phenolic OH excluding ortho intramolecular Hbond substituents is 1. The second kappa shape index (κ2) is 11.3. The molecule has 3 rings (SSSR count). The molecule has 0 aliphatic carbocycles. The van der Waals surface area contributed by atoms with Crippen molar-refractivity contribution in [1.29, 1.82) is 0 Å². The molecule has 3 N–H and O–H groups in total. The molecule has 0 atom stereocenters. The van der Waals surface area contributed by atoms with Gasteiger partial charge in [-0.1, -0.05) is 30.3 Å². The molecule has 174 valence electrons. The topological polar surface area (TPSA) is 103 Å². The SMILES string of the molecule is COc1ccc(O)c(C=NNC(=O)/C(=C\c2ccc(N(C)C)cc2)NC(=O)c2ccccc2)c1. The summed E-state index contributed by atoms with van der Waals surface area (Å²) in [5, 5.41) is 16.5. The third kappa shape index (κ3) is 6.46. The van der Waals surface area contributed by atoms with Gasteiger partial charge >= 0.3 is 0 Å². The molecule has 34 heavy (non-hydrogen) atoms. The minimum Gasteiger partial charge on any atom is -0.507 e. The van der Waals surface area contributed by atoms with E-state index in [2.05, 4.69) is 15.8 Å². The largest absolute Gasteiger partial charge is 0.507 e. The maximum Gasteiger partial charge on any atom is 0.287 e. The van der Waals surface area contributed by atoms with Crippen molar-refractivity contribution in [1.82, 2.24) is 10.7 Å². The fraction of sp³-hybridized carbons (Fsp3) is 0.115. The van der Waals surface area contributed by atoms with E-state index in [9.17, 15) is 14.7 Å². The summed E-state index contributed by atoms with van der Waals surface area (Å²) in [5.41, 5.74) is 4.89. The van der Waals surface area contributed by atoms with Crippen molar-refractivity contribution >= 4 is 29.8 Å². The highest BCUT2D eigenvalue weighted by atomic mass is 16.5. The Morgan fingerprint density at radius 2 is 1.71 bits per heavy atom. The number of carbonyl (C=O) groups is 2. The zero-order chi connectivity index (χ0) is 24.5. The van der Waals surface area contributed by atoms with Crippen molar-refractivity contribution in [3.8, 4) is 11.5 Å². The minimum atomic E-state index is -0.625. The van der Waals surface area contributed by atoms with E-state index in [1.165, 1.54) is 19.4 Å². The van der Waals surface area contributed by atoms with Crippen LogP contribution < -0.4 is 20.4 Å². The maximum atomic E-state index is 12.9. The second-order valence-corrected chi connectivity index (χ2v) is 7.49. The number of hydrogen-bond donors (Lipinski definition) is 3. The van der Waals surface area contributed by atoms with Crippen LogP contribution in [-0.4, -0.2) is 44.3 Å². The average molecular weight is 459 g/mol. The van der Waals surface area contributed by atoms with Crippen molar-refractivity contribution < 1.29 is 19.4 Å². The zero-order valence-corrected chi connectivity index (χ0v) is 19.1. The van der Waals surface area contributed by atoms with Crippen LogP contribution in [0.2, 0.25) is 0 Å². The van der Waals surface area contributed by atoms with Crippen molar-refractivity contribution in [2.75, 3.05) is 26.1 Å². The lowest BCUT2D eigenvalue weighted by Gasteiger charge is -2.12. The zero-order valence-electron chi connectivity index (χ0n) is 19.1. The van der Waals surface area contributed by atoms with Gasteiger partial charge in [-0.25, -0.2) is 5.43 Å². The van der Waals surface area contributed by atoms with Gasteiger partial charge in [0.1, 0.15) is 17.2 Å². The van der Waals surface area contributed by atoms with E-state index in [4.69, 9.17) is 4.74 Å². The van der Waals surface area contributed by atoms with Crippen LogP contribution in [0, 0.1) is 0 Å². The minimum absolute atomic E-state index is 0.0125. The fourth-order valence-electron chi connectivity index (χ4n) is 2.96. The molecule has 0 heterocycles. The van der Waals surface area contributed by atoms with Gasteiger partial charge in [0.25, 0.3) is 11.8 Å². The molecule has 0 bridgehead atoms. The van der Waals surface area contributed by atoms with Crippen molar-refractivity contribution in [2.45, 2.75) is 0 Å². The molecule has 3 aromatic rings. The Kier molecular flexibility index (Phi) is 8.02. The Bertz CT molecular complexity index is 1200. The molecule has 8 nitrogen and oxygen atoms in total. The summed E-state index contributed by atoms with van der Waals surface area (Å²) in [6, 6.07) is 20.7. The third-order valence-electron chi connectivity index (χ3n) is 4.85. The summed E-state index contributed by atoms with van der Waals surface area (Å²) in [4.78, 5) is 27.5. The Morgan fingerprint density at radius 1 is 1.00 bits per heavy atom. The number of rotatable bonds is 8. The van der Waals surface area contributed by atoms with Gasteiger partial charge in [0.2, 0.25) is 0 Å². The van der Waals surface area contributed by atoms with Gasteiger partial charge in [0, 0.05) is 30.9 Å². The summed E-state index contributed by atoms with van der Waals surface area (Å²) in [5.74, 6) is -0.545. The van der Waals surface area contributed by atoms with Crippen molar-refractivity contribution in [3.05, 3.63) is 95.2 Å². The summed E-state index contributed by atoms with van der Waals surface area (Å²) in [7, 11) is 5.37. The van der Waals surface area contributed by atoms with Crippen LogP contribution in [0.1, 0.15) is 21.5 Å². The fourth-order valence-corrected chi connectivity index (χ4v) is 2.96. The van der Waals surface area contributed by atoms with Gasteiger partial charge in [-0.3, -0.25) is 9.59 Å². The summed E-state index contributed by atoms with van der Waals surface area (Å²) >= 11 is 0. The Labute approximate surface area is 198 Å². The lowest BCUT2D eigenvalue weighted by molar-refractivity contribution is -0.117. The van der Waals surface area contributed by atoms with Crippen LogP contribution >= 0.6 is 0 Å². The van der Waals surface area contributed by atoms with E-state index >= 15 is 0 Å². The molecule has 2 amide bonds. The molecule has 0 saturated carbocycles. The van der Waals surface area contributed by atoms with Crippen LogP contribution in [0.25, 0.3) is 6.08 Å². The molecule has 0 fully saturated rings. The standard InChI is InChI=1S/C26H26N4O4/c1-30(2)21-11-9-18(10-12-21)15-23(28-25(32)19-7-5-4-6-8-19)26(33)29-27-17-20-16-22(34-3)13-14-24(20)31/h4-17,31H,1-3H3,(H,28,32)(H,29,33)/b23-15+,27-17?. The molecule has 3 aromatic carbocycles. The number of hydrogen-bond acceptors (Lipinski definition) is 6. The van der Waals surface area contributed by atoms with Gasteiger partial charge in [0.15, 0.2) is 0 Å². The van der Waals surface area contributed by atoms with E-state index in [0.717, 1.165) is 11.3 Å². The highest BCUT2D eigenvalue weighted by Gasteiger charge is 2.14. The number of phenols is 1. The van der Waals surface area contributed by atoms with E-state index in [1.54, 1.807) is 48.5 Å². The van der Waals surface area contributed by atoms with Gasteiger partial charge in [-0.15, -0.1) is 0 Å². The monoisotopic (exact) mass is 458 g/mol. The predicted molar refractivity (Wildman–Crippen MR) is 133 cm³/mol. The average Bonchev–Trinajstić information content (AvgIpc) is 2.85. The van der Waals surface area contributed by atoms with E-state index in [-0.39, 0.29) is 11.4 Å². The lowest BCUT2D eigenvalue weighted by atomic mass is 10.1. The molecule has 0 aliphatic heterocycles. The van der Waals surface area contributed by atoms with Crippen LogP contribution in [0.15, 0.2) is 83.6 Å². The van der Waals surface area contributed by atoms with E-state index in [0.29, 0.717) is 16.9 Å². The molecule has 0 unspecified atom stereocenters. The smallest absolute Gasteiger partial charge is 0.287 e. The Hall–Kier alpha value is -4.59. The molecule has 0 spiro atoms. The lowest BCUT2D eigenvalue weighted by Crippen LogP contribution is -2.32. The highest BCUT2D eigenvalue weighted by molar-refractivity contribution is 6.05. The first-order chi connectivity index (χ1) is 16.4. The number of anilines is 1. The summed E-state index contributed by atoms with van der Waals surface area (Å²) in [6.45, 7) is 0. The number of aromatic hydroxyl groups is 1. The van der Waals surface area contributed by atoms with Crippen LogP contribution in [0.3, 0.4) is 0 Å². The maximum absolute atomic E-state index is 12.9. The molecule has 0 aliphatic rings. The third-order valence-corrected chi connectivity index (χ3v) is 4.85. The van der Waals surface area contributed by atoms with Gasteiger partial charge < -0.3 is 20.1 Å². The normalized spacial score (nSPS) is 11.2. The Morgan fingerprint density at radius 3 is 2.35 bits per heavy atom. The first-order valence-electron chi connectivity index (χ1n) is 10.4. The van der Waals surface area contributed by atoms with Gasteiger partial charge in [-0.05, 0) is 54.1 Å². The van der Waals surface area contributed by atoms with Crippen molar-refractivity contribution in [3.63, 3.8) is 0 Å². The number of hydrazone groups is 1. The molecular formula is C26H26N4O4. The molecule has 0 saturated heterocycles. The number of ether oxygens (including phenoxy) is 1. The van der Waals surface area contributed by atoms with Crippen LogP contribution in [-0.2, 0) is 4.79 Å². The van der Waals surface area contributed by atoms with Crippen LogP contribution in [0.5, 0.6) is 11.5 Å². The quantitative estimate of drug-likeness (QED) is 0.273. The van der Waals surface area contributed by atoms with Crippen molar-refractivity contribution in [2.24, 2.45) is 5.10 Å². The summed E-state index contributed by atoms with van der Waals surface area (Å²) in [6.07, 6.45) is 2.85. The molecular weight excluding hydrogens is 432 g/mol. The second-order valence-electron chi connectivity index (χ2n) is 7.49. The first kappa shape index (κ1) is 24.1. The number of carbonyl (C=O) groups excluding carboxylic acids is 2. The highest BCUT2D eigenvalue weighted by Crippen LogP contribution is 2.21. The molecule has 8 heteroatoms. The number of benzene rings is 3. The van der Waals surface area contributed by atoms with Gasteiger partial charge in [0.05, 0.1) is 13.3 Å². The number of amides is 2. The van der Waals surface area contributed by atoms with Gasteiger partial charge in [-0.2, -0.15) is 5.10 Å². The summed E-state index contributed by atoms with van der Waals surface area (Å²) < 4.78 is 5.13. The van der Waals surface area contributed by atoms with E-state index < -0.39 is 11.8 Å². The molecule has 0 radical (unpaired) electrons. The number of nitrogens with one attached hydrogen (secondary N) is 2. The Balaban J connectivity index is 1.83. The predicted octanol–water partition coefficient (Wildman–Crippen LogP) is 3.39. The van der Waals surface area contributed by atoms with E-state index in [1.807, 2.05) is 43.3 Å². The number of nitrogens with zero attached hydrogens (tertiary/aromatic N) is 2.